The van der Waals surface area contributed by atoms with Gasteiger partial charge in [-0.1, -0.05) is 30.4 Å². The third-order valence-corrected chi connectivity index (χ3v) is 2.44. The molecular weight excluding hydrogens is 172 g/mol. The normalized spacial score (nSPS) is 15.1. The Labute approximate surface area is 84.1 Å². The van der Waals surface area contributed by atoms with E-state index in [0.717, 1.165) is 18.5 Å². The molecule has 0 saturated heterocycles. The van der Waals surface area contributed by atoms with Crippen LogP contribution in [0.15, 0.2) is 42.5 Å². The molecule has 0 fully saturated rings. The minimum Gasteiger partial charge on any atom is -0.324 e. The first-order chi connectivity index (χ1) is 6.90. The second-order valence-corrected chi connectivity index (χ2v) is 3.38. The van der Waals surface area contributed by atoms with E-state index in [9.17, 15) is 0 Å². The van der Waals surface area contributed by atoms with Gasteiger partial charge in [0, 0.05) is 5.69 Å². The Morgan fingerprint density at radius 2 is 1.93 bits per heavy atom. The van der Waals surface area contributed by atoms with E-state index in [2.05, 4.69) is 35.8 Å². The van der Waals surface area contributed by atoms with Crippen molar-refractivity contribution in [1.82, 2.24) is 0 Å². The molecule has 0 amide bonds. The van der Waals surface area contributed by atoms with E-state index in [0.29, 0.717) is 0 Å². The van der Waals surface area contributed by atoms with Gasteiger partial charge in [0.1, 0.15) is 0 Å². The van der Waals surface area contributed by atoms with E-state index in [1.807, 2.05) is 12.1 Å². The van der Waals surface area contributed by atoms with Gasteiger partial charge in [0.25, 0.3) is 0 Å². The first kappa shape index (κ1) is 9.03. The van der Waals surface area contributed by atoms with E-state index < -0.39 is 0 Å². The Kier molecular flexibility index (Phi) is 2.65. The smallest absolute Gasteiger partial charge is 0.0485 e. The number of hydrogen-bond acceptors (Lipinski definition) is 2. The molecule has 72 valence electrons. The predicted octanol–water partition coefficient (Wildman–Crippen LogP) is 2.71. The molecule has 0 atom stereocenters. The standard InChI is InChI=1S/C12H14N2/c13-14-12-8-6-11(7-9-12)10-4-2-1-3-5-10/h1-2,4,6-9,14H,3,5,13H2. The lowest BCUT2D eigenvalue weighted by Crippen LogP contribution is -2.06. The van der Waals surface area contributed by atoms with Crippen molar-refractivity contribution in [3.05, 3.63) is 48.1 Å². The fourth-order valence-corrected chi connectivity index (χ4v) is 1.62. The number of nitrogens with two attached hydrogens (primary N) is 1. The Bertz CT molecular complexity index is 360. The van der Waals surface area contributed by atoms with Crippen LogP contribution >= 0.6 is 0 Å². The Hall–Kier alpha value is -1.54. The minimum absolute atomic E-state index is 0.945. The van der Waals surface area contributed by atoms with E-state index in [4.69, 9.17) is 5.84 Å². The fraction of sp³-hybridized carbons (Fsp3) is 0.167. The molecule has 2 heteroatoms. The zero-order valence-electron chi connectivity index (χ0n) is 8.03. The molecule has 2 nitrogen and oxygen atoms in total. The van der Waals surface area contributed by atoms with Crippen LogP contribution in [0, 0.1) is 0 Å². The second-order valence-electron chi connectivity index (χ2n) is 3.38. The van der Waals surface area contributed by atoms with Crippen LogP contribution < -0.4 is 11.3 Å². The molecule has 1 aromatic rings. The summed E-state index contributed by atoms with van der Waals surface area (Å²) in [5.41, 5.74) is 6.25. The molecule has 0 saturated carbocycles. The number of anilines is 1. The highest BCUT2D eigenvalue weighted by molar-refractivity contribution is 5.69. The fourth-order valence-electron chi connectivity index (χ4n) is 1.62. The molecule has 0 bridgehead atoms. The summed E-state index contributed by atoms with van der Waals surface area (Å²) in [5.74, 6) is 5.30. The SMILES string of the molecule is NNc1ccc(C2=CC=CCC2)cc1. The van der Waals surface area contributed by atoms with Gasteiger partial charge in [0.15, 0.2) is 0 Å². The van der Waals surface area contributed by atoms with E-state index in [-0.39, 0.29) is 0 Å². The van der Waals surface area contributed by atoms with Crippen LogP contribution in [0.5, 0.6) is 0 Å². The molecule has 3 N–H and O–H groups in total. The van der Waals surface area contributed by atoms with Crippen LogP contribution in [0.3, 0.4) is 0 Å². The number of rotatable bonds is 2. The zero-order valence-corrected chi connectivity index (χ0v) is 8.03. The molecule has 0 spiro atoms. The summed E-state index contributed by atoms with van der Waals surface area (Å²) < 4.78 is 0. The van der Waals surface area contributed by atoms with Crippen LogP contribution in [-0.4, -0.2) is 0 Å². The van der Waals surface area contributed by atoms with E-state index >= 15 is 0 Å². The summed E-state index contributed by atoms with van der Waals surface area (Å²) in [7, 11) is 0. The highest BCUT2D eigenvalue weighted by Gasteiger charge is 2.02. The van der Waals surface area contributed by atoms with Crippen molar-refractivity contribution in [2.24, 2.45) is 5.84 Å². The summed E-state index contributed by atoms with van der Waals surface area (Å²) in [6, 6.07) is 8.18. The quantitative estimate of drug-likeness (QED) is 0.550. The first-order valence-electron chi connectivity index (χ1n) is 4.83. The van der Waals surface area contributed by atoms with Crippen LogP contribution in [0.25, 0.3) is 5.57 Å². The van der Waals surface area contributed by atoms with Gasteiger partial charge in [0.2, 0.25) is 0 Å². The number of nitrogen functional groups attached to an aromatic ring is 1. The molecule has 1 aliphatic carbocycles. The second kappa shape index (κ2) is 4.11. The molecule has 0 aliphatic heterocycles. The molecule has 0 aromatic heterocycles. The average Bonchev–Trinajstić information content (AvgIpc) is 2.30. The molecule has 1 aromatic carbocycles. The summed E-state index contributed by atoms with van der Waals surface area (Å²) in [6.45, 7) is 0. The maximum absolute atomic E-state index is 5.30. The third kappa shape index (κ3) is 1.86. The molecule has 14 heavy (non-hydrogen) atoms. The average molecular weight is 186 g/mol. The number of hydrogen-bond donors (Lipinski definition) is 2. The van der Waals surface area contributed by atoms with Gasteiger partial charge in [-0.25, -0.2) is 0 Å². The van der Waals surface area contributed by atoms with Crippen LogP contribution in [0.4, 0.5) is 5.69 Å². The Balaban J connectivity index is 2.24. The lowest BCUT2D eigenvalue weighted by molar-refractivity contribution is 1.05. The van der Waals surface area contributed by atoms with Crippen molar-refractivity contribution in [3.63, 3.8) is 0 Å². The Morgan fingerprint density at radius 1 is 1.14 bits per heavy atom. The monoisotopic (exact) mass is 186 g/mol. The van der Waals surface area contributed by atoms with Gasteiger partial charge < -0.3 is 5.43 Å². The molecule has 1 aliphatic rings. The maximum Gasteiger partial charge on any atom is 0.0485 e. The van der Waals surface area contributed by atoms with Crippen molar-refractivity contribution < 1.29 is 0 Å². The topological polar surface area (TPSA) is 38.0 Å². The number of nitrogens with one attached hydrogen (secondary N) is 1. The lowest BCUT2D eigenvalue weighted by Gasteiger charge is -2.09. The molecule has 2 rings (SSSR count). The van der Waals surface area contributed by atoms with Crippen LogP contribution in [0.2, 0.25) is 0 Å². The number of benzene rings is 1. The maximum atomic E-state index is 5.30. The van der Waals surface area contributed by atoms with Gasteiger partial charge in [-0.2, -0.15) is 0 Å². The molecular formula is C12H14N2. The third-order valence-electron chi connectivity index (χ3n) is 2.44. The number of allylic oxidation sites excluding steroid dienone is 4. The minimum atomic E-state index is 0.945. The van der Waals surface area contributed by atoms with Gasteiger partial charge in [0.05, 0.1) is 0 Å². The number of hydrazine groups is 1. The Morgan fingerprint density at radius 3 is 2.50 bits per heavy atom. The first-order valence-corrected chi connectivity index (χ1v) is 4.83. The van der Waals surface area contributed by atoms with Crippen LogP contribution in [-0.2, 0) is 0 Å². The van der Waals surface area contributed by atoms with E-state index in [1.165, 1.54) is 11.1 Å². The largest absolute Gasteiger partial charge is 0.324 e. The van der Waals surface area contributed by atoms with Gasteiger partial charge in [-0.15, -0.1) is 0 Å². The molecule has 0 unspecified atom stereocenters. The van der Waals surface area contributed by atoms with Crippen LogP contribution in [0.1, 0.15) is 18.4 Å². The van der Waals surface area contributed by atoms with Crippen molar-refractivity contribution in [1.29, 1.82) is 0 Å². The summed E-state index contributed by atoms with van der Waals surface area (Å²) in [4.78, 5) is 0. The van der Waals surface area contributed by atoms with Crippen molar-refractivity contribution >= 4 is 11.3 Å². The summed E-state index contributed by atoms with van der Waals surface area (Å²) in [5, 5.41) is 0. The summed E-state index contributed by atoms with van der Waals surface area (Å²) >= 11 is 0. The van der Waals surface area contributed by atoms with Gasteiger partial charge in [-0.3, -0.25) is 5.84 Å². The zero-order chi connectivity index (χ0) is 9.80. The van der Waals surface area contributed by atoms with E-state index in [1.54, 1.807) is 0 Å². The lowest BCUT2D eigenvalue weighted by atomic mass is 9.97. The summed E-state index contributed by atoms with van der Waals surface area (Å²) in [6.07, 6.45) is 8.76. The highest BCUT2D eigenvalue weighted by atomic mass is 15.2. The van der Waals surface area contributed by atoms with Gasteiger partial charge >= 0.3 is 0 Å². The van der Waals surface area contributed by atoms with Gasteiger partial charge in [-0.05, 0) is 36.1 Å². The molecule has 0 radical (unpaired) electrons. The molecule has 0 heterocycles. The predicted molar refractivity (Wildman–Crippen MR) is 60.6 cm³/mol. The van der Waals surface area contributed by atoms with Crippen molar-refractivity contribution in [2.75, 3.05) is 5.43 Å². The van der Waals surface area contributed by atoms with Crippen molar-refractivity contribution in [3.8, 4) is 0 Å². The highest BCUT2D eigenvalue weighted by Crippen LogP contribution is 2.24. The van der Waals surface area contributed by atoms with Crippen molar-refractivity contribution in [2.45, 2.75) is 12.8 Å².